The highest BCUT2D eigenvalue weighted by Gasteiger charge is 2.24. The molecule has 0 aliphatic rings. The number of aryl methyl sites for hydroxylation is 1. The Hall–Kier alpha value is -3.61. The third kappa shape index (κ3) is 5.51. The lowest BCUT2D eigenvalue weighted by atomic mass is 10.0. The van der Waals surface area contributed by atoms with Gasteiger partial charge < -0.3 is 19.8 Å². The Kier molecular flexibility index (Phi) is 7.43. The Labute approximate surface area is 181 Å². The van der Waals surface area contributed by atoms with Crippen LogP contribution < -0.4 is 10.1 Å². The summed E-state index contributed by atoms with van der Waals surface area (Å²) in [4.78, 5) is 32.3. The second-order valence-corrected chi connectivity index (χ2v) is 7.16. The van der Waals surface area contributed by atoms with Crippen LogP contribution in [0.4, 0.5) is 0 Å². The molecular weight excluding hydrogens is 394 g/mol. The van der Waals surface area contributed by atoms with Crippen LogP contribution in [0.2, 0.25) is 0 Å². The number of nitrogens with one attached hydrogen (secondary N) is 2. The number of rotatable bonds is 9. The van der Waals surface area contributed by atoms with Crippen molar-refractivity contribution in [3.05, 3.63) is 82.4 Å². The molecule has 0 unspecified atom stereocenters. The number of benzene rings is 1. The molecular formula is C24H27N3O4. The van der Waals surface area contributed by atoms with E-state index in [9.17, 15) is 9.59 Å². The number of methoxy groups -OCH3 is 1. The molecule has 0 bridgehead atoms. The number of carbonyl (C=O) groups excluding carboxylic acids is 2. The van der Waals surface area contributed by atoms with Gasteiger partial charge >= 0.3 is 5.97 Å². The molecule has 0 atom stereocenters. The van der Waals surface area contributed by atoms with E-state index in [1.54, 1.807) is 13.1 Å². The predicted molar refractivity (Wildman–Crippen MR) is 117 cm³/mol. The van der Waals surface area contributed by atoms with E-state index >= 15 is 0 Å². The van der Waals surface area contributed by atoms with Gasteiger partial charge in [-0.3, -0.25) is 9.78 Å². The first-order valence-electron chi connectivity index (χ1n) is 10.2. The van der Waals surface area contributed by atoms with Gasteiger partial charge in [0.05, 0.1) is 18.4 Å². The lowest BCUT2D eigenvalue weighted by Gasteiger charge is -2.10. The van der Waals surface area contributed by atoms with Gasteiger partial charge in [-0.25, -0.2) is 4.79 Å². The van der Waals surface area contributed by atoms with Crippen molar-refractivity contribution >= 4 is 11.9 Å². The molecule has 7 nitrogen and oxygen atoms in total. The molecule has 0 radical (unpaired) electrons. The quantitative estimate of drug-likeness (QED) is 0.510. The number of ether oxygens (including phenoxy) is 2. The fraction of sp³-hybridized carbons (Fsp3) is 0.292. The van der Waals surface area contributed by atoms with Crippen LogP contribution in [-0.4, -0.2) is 29.0 Å². The lowest BCUT2D eigenvalue weighted by molar-refractivity contribution is 0.0599. The fourth-order valence-electron chi connectivity index (χ4n) is 3.41. The largest absolute Gasteiger partial charge is 0.487 e. The van der Waals surface area contributed by atoms with Crippen molar-refractivity contribution in [3.8, 4) is 5.75 Å². The first-order chi connectivity index (χ1) is 15.0. The zero-order chi connectivity index (χ0) is 22.2. The van der Waals surface area contributed by atoms with Gasteiger partial charge in [-0.2, -0.15) is 0 Å². The molecule has 3 rings (SSSR count). The van der Waals surface area contributed by atoms with Gasteiger partial charge in [0, 0.05) is 18.4 Å². The topological polar surface area (TPSA) is 93.3 Å². The minimum Gasteiger partial charge on any atom is -0.487 e. The molecule has 3 aromatic rings. The number of H-pyrrole nitrogens is 1. The number of hydrogen-bond donors (Lipinski definition) is 2. The van der Waals surface area contributed by atoms with Crippen molar-refractivity contribution in [1.82, 2.24) is 15.3 Å². The molecule has 7 heteroatoms. The van der Waals surface area contributed by atoms with E-state index in [0.29, 0.717) is 47.8 Å². The van der Waals surface area contributed by atoms with E-state index < -0.39 is 5.97 Å². The molecule has 0 spiro atoms. The third-order valence-corrected chi connectivity index (χ3v) is 4.87. The summed E-state index contributed by atoms with van der Waals surface area (Å²) in [5.41, 5.74) is 3.91. The van der Waals surface area contributed by atoms with Crippen molar-refractivity contribution in [3.63, 3.8) is 0 Å². The van der Waals surface area contributed by atoms with Crippen molar-refractivity contribution in [2.24, 2.45) is 0 Å². The molecule has 2 aromatic heterocycles. The molecule has 2 heterocycles. The Morgan fingerprint density at radius 3 is 2.71 bits per heavy atom. The molecule has 1 amide bonds. The molecule has 0 saturated carbocycles. The van der Waals surface area contributed by atoms with Gasteiger partial charge in [-0.1, -0.05) is 31.5 Å². The van der Waals surface area contributed by atoms with Gasteiger partial charge in [-0.05, 0) is 48.7 Å². The number of amides is 1. The first-order valence-corrected chi connectivity index (χ1v) is 10.2. The average Bonchev–Trinajstić information content (AvgIpc) is 3.12. The summed E-state index contributed by atoms with van der Waals surface area (Å²) < 4.78 is 10.7. The summed E-state index contributed by atoms with van der Waals surface area (Å²) in [6, 6.07) is 13.2. The van der Waals surface area contributed by atoms with Gasteiger partial charge in [0.15, 0.2) is 0 Å². The second kappa shape index (κ2) is 10.4. The summed E-state index contributed by atoms with van der Waals surface area (Å²) in [5, 5.41) is 2.92. The summed E-state index contributed by atoms with van der Waals surface area (Å²) in [6.07, 6.45) is 3.14. The Bertz CT molecular complexity index is 1040. The van der Waals surface area contributed by atoms with Crippen LogP contribution in [0.5, 0.6) is 5.75 Å². The van der Waals surface area contributed by atoms with Crippen LogP contribution in [0, 0.1) is 6.92 Å². The molecule has 0 aliphatic carbocycles. The third-order valence-electron chi connectivity index (χ3n) is 4.87. The number of aromatic amines is 1. The van der Waals surface area contributed by atoms with Crippen molar-refractivity contribution in [2.45, 2.75) is 39.8 Å². The number of carbonyl (C=O) groups is 2. The maximum absolute atomic E-state index is 12.9. The molecule has 0 fully saturated rings. The van der Waals surface area contributed by atoms with Crippen LogP contribution in [0.3, 0.4) is 0 Å². The van der Waals surface area contributed by atoms with E-state index in [0.717, 1.165) is 17.7 Å². The summed E-state index contributed by atoms with van der Waals surface area (Å²) in [6.45, 7) is 4.47. The molecule has 0 saturated heterocycles. The van der Waals surface area contributed by atoms with E-state index in [2.05, 4.69) is 15.3 Å². The fourth-order valence-corrected chi connectivity index (χ4v) is 3.41. The molecule has 31 heavy (non-hydrogen) atoms. The Morgan fingerprint density at radius 1 is 1.16 bits per heavy atom. The number of nitrogens with zero attached hydrogens (tertiary/aromatic N) is 1. The lowest BCUT2D eigenvalue weighted by Crippen LogP contribution is -2.24. The maximum Gasteiger partial charge on any atom is 0.339 e. The van der Waals surface area contributed by atoms with Gasteiger partial charge in [0.2, 0.25) is 0 Å². The van der Waals surface area contributed by atoms with E-state index in [4.69, 9.17) is 9.47 Å². The molecule has 1 aromatic carbocycles. The van der Waals surface area contributed by atoms with Gasteiger partial charge in [0.25, 0.3) is 5.91 Å². The highest BCUT2D eigenvalue weighted by molar-refractivity contribution is 6.00. The van der Waals surface area contributed by atoms with E-state index in [-0.39, 0.29) is 5.91 Å². The van der Waals surface area contributed by atoms with Crippen molar-refractivity contribution < 1.29 is 19.1 Å². The van der Waals surface area contributed by atoms with Crippen LogP contribution >= 0.6 is 0 Å². The minimum atomic E-state index is -0.436. The Morgan fingerprint density at radius 2 is 2.00 bits per heavy atom. The van der Waals surface area contributed by atoms with Gasteiger partial charge in [0.1, 0.15) is 18.1 Å². The predicted octanol–water partition coefficient (Wildman–Crippen LogP) is 3.97. The summed E-state index contributed by atoms with van der Waals surface area (Å²) in [7, 11) is 1.34. The first kappa shape index (κ1) is 22.1. The van der Waals surface area contributed by atoms with Gasteiger partial charge in [-0.15, -0.1) is 0 Å². The van der Waals surface area contributed by atoms with E-state index in [1.807, 2.05) is 49.4 Å². The number of pyridine rings is 1. The van der Waals surface area contributed by atoms with Crippen LogP contribution in [0.1, 0.15) is 56.7 Å². The zero-order valence-corrected chi connectivity index (χ0v) is 18.0. The van der Waals surface area contributed by atoms with Crippen molar-refractivity contribution in [1.29, 1.82) is 0 Å². The minimum absolute atomic E-state index is 0.262. The number of esters is 1. The van der Waals surface area contributed by atoms with E-state index in [1.165, 1.54) is 7.11 Å². The van der Waals surface area contributed by atoms with Crippen LogP contribution in [-0.2, 0) is 24.3 Å². The number of hydrogen-bond acceptors (Lipinski definition) is 5. The SMILES string of the molecule is CCCc1c(C(=O)NCc2cccc(OCc3ccccn3)c2)[nH]c(C)c1C(=O)OC. The molecule has 2 N–H and O–H groups in total. The normalized spacial score (nSPS) is 10.5. The second-order valence-electron chi connectivity index (χ2n) is 7.16. The maximum atomic E-state index is 12.9. The summed E-state index contributed by atoms with van der Waals surface area (Å²) >= 11 is 0. The zero-order valence-electron chi connectivity index (χ0n) is 18.0. The number of aromatic nitrogens is 2. The molecule has 0 aliphatic heterocycles. The highest BCUT2D eigenvalue weighted by atomic mass is 16.5. The average molecular weight is 421 g/mol. The highest BCUT2D eigenvalue weighted by Crippen LogP contribution is 2.22. The van der Waals surface area contributed by atoms with Crippen molar-refractivity contribution in [2.75, 3.05) is 7.11 Å². The Balaban J connectivity index is 1.67. The molecule has 162 valence electrons. The summed E-state index contributed by atoms with van der Waals surface area (Å²) in [5.74, 6) is 0.00304. The smallest absolute Gasteiger partial charge is 0.339 e. The van der Waals surface area contributed by atoms with Crippen LogP contribution in [0.15, 0.2) is 48.7 Å². The monoisotopic (exact) mass is 421 g/mol. The van der Waals surface area contributed by atoms with Crippen LogP contribution in [0.25, 0.3) is 0 Å². The standard InChI is InChI=1S/C24H27N3O4/c1-4-8-20-21(24(29)30-3)16(2)27-22(20)23(28)26-14-17-9-7-11-19(13-17)31-15-18-10-5-6-12-25-18/h5-7,9-13,27H,4,8,14-15H2,1-3H3,(H,26,28).